The van der Waals surface area contributed by atoms with E-state index in [4.69, 9.17) is 0 Å². The summed E-state index contributed by atoms with van der Waals surface area (Å²) in [5.41, 5.74) is 2.41. The quantitative estimate of drug-likeness (QED) is 0.596. The third-order valence-electron chi connectivity index (χ3n) is 2.37. The van der Waals surface area contributed by atoms with Gasteiger partial charge in [-0.1, -0.05) is 18.2 Å². The summed E-state index contributed by atoms with van der Waals surface area (Å²) in [6.07, 6.45) is 3.69. The zero-order valence-corrected chi connectivity index (χ0v) is 8.79. The third kappa shape index (κ3) is 1.43. The van der Waals surface area contributed by atoms with Gasteiger partial charge in [0.2, 0.25) is 0 Å². The average molecular weight is 210 g/mol. The summed E-state index contributed by atoms with van der Waals surface area (Å²) in [5, 5.41) is 3.28. The average Bonchev–Trinajstić information content (AvgIpc) is 2.78. The molecule has 15 heavy (non-hydrogen) atoms. The minimum absolute atomic E-state index is 1.17. The van der Waals surface area contributed by atoms with E-state index in [9.17, 15) is 0 Å². The SMILES string of the molecule is [c]1ccc(-c2cccnc2)c2sccc12. The molecule has 0 spiro atoms. The number of hydrogen-bond acceptors (Lipinski definition) is 2. The highest BCUT2D eigenvalue weighted by Crippen LogP contribution is 2.31. The minimum atomic E-state index is 1.17. The molecule has 0 aliphatic heterocycles. The molecule has 3 rings (SSSR count). The van der Waals surface area contributed by atoms with Crippen LogP contribution in [0.2, 0.25) is 0 Å². The third-order valence-corrected chi connectivity index (χ3v) is 3.32. The van der Waals surface area contributed by atoms with Gasteiger partial charge in [0.05, 0.1) is 0 Å². The summed E-state index contributed by atoms with van der Waals surface area (Å²) in [6.45, 7) is 0. The summed E-state index contributed by atoms with van der Waals surface area (Å²) in [7, 11) is 0. The number of thiophene rings is 1. The summed E-state index contributed by atoms with van der Waals surface area (Å²) >= 11 is 1.75. The maximum Gasteiger partial charge on any atom is 0.0427 e. The Morgan fingerprint density at radius 2 is 2.20 bits per heavy atom. The van der Waals surface area contributed by atoms with Crippen molar-refractivity contribution in [3.05, 3.63) is 54.2 Å². The Morgan fingerprint density at radius 3 is 3.07 bits per heavy atom. The number of benzene rings is 1. The molecule has 2 aromatic heterocycles. The van der Waals surface area contributed by atoms with E-state index in [2.05, 4.69) is 34.6 Å². The Labute approximate surface area is 92.0 Å². The Kier molecular flexibility index (Phi) is 2.00. The molecule has 0 bridgehead atoms. The summed E-state index contributed by atoms with van der Waals surface area (Å²) in [4.78, 5) is 4.15. The number of rotatable bonds is 1. The monoisotopic (exact) mass is 210 g/mol. The van der Waals surface area contributed by atoms with Crippen LogP contribution >= 0.6 is 11.3 Å². The molecule has 2 heteroatoms. The second-order valence-corrected chi connectivity index (χ2v) is 4.21. The lowest BCUT2D eigenvalue weighted by Gasteiger charge is -2.01. The molecule has 3 aromatic rings. The molecule has 0 aliphatic rings. The van der Waals surface area contributed by atoms with Gasteiger partial charge < -0.3 is 0 Å². The minimum Gasteiger partial charge on any atom is -0.264 e. The van der Waals surface area contributed by atoms with Gasteiger partial charge in [-0.05, 0) is 23.6 Å². The van der Waals surface area contributed by atoms with Crippen molar-refractivity contribution < 1.29 is 0 Å². The molecule has 0 unspecified atom stereocenters. The van der Waals surface area contributed by atoms with Crippen LogP contribution in [-0.2, 0) is 0 Å². The molecule has 0 amide bonds. The second-order valence-electron chi connectivity index (χ2n) is 3.30. The van der Waals surface area contributed by atoms with E-state index in [1.807, 2.05) is 18.3 Å². The van der Waals surface area contributed by atoms with E-state index in [1.54, 1.807) is 17.5 Å². The van der Waals surface area contributed by atoms with Crippen molar-refractivity contribution in [2.75, 3.05) is 0 Å². The van der Waals surface area contributed by atoms with E-state index in [0.29, 0.717) is 0 Å². The highest BCUT2D eigenvalue weighted by atomic mass is 32.1. The Bertz CT molecular complexity index is 584. The van der Waals surface area contributed by atoms with Crippen LogP contribution < -0.4 is 0 Å². The van der Waals surface area contributed by atoms with Gasteiger partial charge >= 0.3 is 0 Å². The topological polar surface area (TPSA) is 12.9 Å². The van der Waals surface area contributed by atoms with Crippen LogP contribution in [-0.4, -0.2) is 4.98 Å². The maximum atomic E-state index is 4.15. The molecular weight excluding hydrogens is 202 g/mol. The highest BCUT2D eigenvalue weighted by Gasteiger charge is 2.03. The van der Waals surface area contributed by atoms with E-state index in [0.717, 1.165) is 0 Å². The van der Waals surface area contributed by atoms with Gasteiger partial charge in [0, 0.05) is 33.6 Å². The van der Waals surface area contributed by atoms with Crippen LogP contribution in [0, 0.1) is 6.07 Å². The fraction of sp³-hybridized carbons (Fsp3) is 0. The van der Waals surface area contributed by atoms with E-state index >= 15 is 0 Å². The Hall–Kier alpha value is -1.67. The fourth-order valence-electron chi connectivity index (χ4n) is 1.67. The first-order valence-corrected chi connectivity index (χ1v) is 5.61. The van der Waals surface area contributed by atoms with E-state index in [1.165, 1.54) is 21.2 Å². The lowest BCUT2D eigenvalue weighted by Crippen LogP contribution is -1.78. The lowest BCUT2D eigenvalue weighted by molar-refractivity contribution is 1.33. The number of fused-ring (bicyclic) bond motifs is 1. The van der Waals surface area contributed by atoms with Gasteiger partial charge in [0.25, 0.3) is 0 Å². The smallest absolute Gasteiger partial charge is 0.0427 e. The van der Waals surface area contributed by atoms with Crippen molar-refractivity contribution in [1.82, 2.24) is 4.98 Å². The van der Waals surface area contributed by atoms with E-state index in [-0.39, 0.29) is 0 Å². The molecule has 71 valence electrons. The summed E-state index contributed by atoms with van der Waals surface area (Å²) in [6, 6.07) is 13.4. The zero-order valence-electron chi connectivity index (χ0n) is 7.97. The lowest BCUT2D eigenvalue weighted by atomic mass is 10.1. The molecule has 0 atom stereocenters. The normalized spacial score (nSPS) is 10.7. The summed E-state index contributed by atoms with van der Waals surface area (Å²) < 4.78 is 1.28. The first-order valence-electron chi connectivity index (χ1n) is 4.73. The molecule has 1 aromatic carbocycles. The molecule has 0 aliphatic carbocycles. The molecule has 0 saturated carbocycles. The highest BCUT2D eigenvalue weighted by molar-refractivity contribution is 7.17. The molecule has 1 radical (unpaired) electrons. The number of pyridine rings is 1. The predicted octanol–water partition coefficient (Wildman–Crippen LogP) is 3.76. The zero-order chi connectivity index (χ0) is 10.1. The Balaban J connectivity index is 2.31. The van der Waals surface area contributed by atoms with Crippen molar-refractivity contribution in [1.29, 1.82) is 0 Å². The van der Waals surface area contributed by atoms with Crippen LogP contribution in [0.3, 0.4) is 0 Å². The largest absolute Gasteiger partial charge is 0.264 e. The standard InChI is InChI=1S/C13H8NS/c1-3-10-6-8-15-13(10)12(5-1)11-4-2-7-14-9-11/h1-2,4-9H. The van der Waals surface area contributed by atoms with Gasteiger partial charge in [-0.15, -0.1) is 11.3 Å². The first-order chi connectivity index (χ1) is 7.45. The number of aromatic nitrogens is 1. The molecule has 0 N–H and O–H groups in total. The van der Waals surface area contributed by atoms with Crippen molar-refractivity contribution in [2.45, 2.75) is 0 Å². The van der Waals surface area contributed by atoms with Crippen molar-refractivity contribution >= 4 is 21.4 Å². The fourth-order valence-corrected chi connectivity index (χ4v) is 2.58. The maximum absolute atomic E-state index is 4.15. The molecular formula is C13H8NS. The second kappa shape index (κ2) is 3.48. The van der Waals surface area contributed by atoms with Crippen LogP contribution in [0.4, 0.5) is 0 Å². The number of hydrogen-bond donors (Lipinski definition) is 0. The van der Waals surface area contributed by atoms with Gasteiger partial charge in [0.1, 0.15) is 0 Å². The van der Waals surface area contributed by atoms with Crippen LogP contribution in [0.1, 0.15) is 0 Å². The van der Waals surface area contributed by atoms with Crippen molar-refractivity contribution in [2.24, 2.45) is 0 Å². The van der Waals surface area contributed by atoms with Gasteiger partial charge in [-0.2, -0.15) is 0 Å². The van der Waals surface area contributed by atoms with Crippen molar-refractivity contribution in [3.8, 4) is 11.1 Å². The Morgan fingerprint density at radius 1 is 1.20 bits per heavy atom. The van der Waals surface area contributed by atoms with Gasteiger partial charge in [-0.25, -0.2) is 0 Å². The summed E-state index contributed by atoms with van der Waals surface area (Å²) in [5.74, 6) is 0. The molecule has 2 heterocycles. The number of nitrogens with zero attached hydrogens (tertiary/aromatic N) is 1. The van der Waals surface area contributed by atoms with Gasteiger partial charge in [-0.3, -0.25) is 4.98 Å². The van der Waals surface area contributed by atoms with Gasteiger partial charge in [0.15, 0.2) is 0 Å². The first kappa shape index (κ1) is 8.62. The molecule has 1 nitrogen and oxygen atoms in total. The van der Waals surface area contributed by atoms with Crippen molar-refractivity contribution in [3.63, 3.8) is 0 Å². The van der Waals surface area contributed by atoms with Crippen LogP contribution in [0.15, 0.2) is 48.1 Å². The molecule has 0 saturated heterocycles. The molecule has 0 fully saturated rings. The van der Waals surface area contributed by atoms with Crippen LogP contribution in [0.5, 0.6) is 0 Å². The van der Waals surface area contributed by atoms with Crippen LogP contribution in [0.25, 0.3) is 21.2 Å². The van der Waals surface area contributed by atoms with E-state index < -0.39 is 0 Å². The predicted molar refractivity (Wildman–Crippen MR) is 63.9 cm³/mol.